The molecule has 6 heteroatoms. The van der Waals surface area contributed by atoms with E-state index in [1.807, 2.05) is 6.92 Å². The second-order valence-electron chi connectivity index (χ2n) is 5.37. The number of ketones is 1. The predicted octanol–water partition coefficient (Wildman–Crippen LogP) is 3.10. The van der Waals surface area contributed by atoms with Crippen LogP contribution < -0.4 is 4.74 Å². The Kier molecular flexibility index (Phi) is 4.83. The van der Waals surface area contributed by atoms with Crippen molar-refractivity contribution in [2.45, 2.75) is 40.2 Å². The minimum absolute atomic E-state index is 0.00986. The van der Waals surface area contributed by atoms with E-state index in [4.69, 9.17) is 4.74 Å². The Labute approximate surface area is 134 Å². The number of nitrogens with zero attached hydrogens (tertiary/aromatic N) is 2. The van der Waals surface area contributed by atoms with Crippen LogP contribution in [0, 0.1) is 6.92 Å². The van der Waals surface area contributed by atoms with E-state index in [1.165, 1.54) is 19.1 Å². The molecular formula is C17H20N2O4. The number of aromatic nitrogens is 2. The summed E-state index contributed by atoms with van der Waals surface area (Å²) < 4.78 is 5.86. The maximum atomic E-state index is 11.5. The zero-order valence-electron chi connectivity index (χ0n) is 13.6. The molecule has 1 atom stereocenters. The molecule has 0 aliphatic carbocycles. The van der Waals surface area contributed by atoms with E-state index in [0.29, 0.717) is 29.0 Å². The summed E-state index contributed by atoms with van der Waals surface area (Å²) in [5.41, 5.74) is 1.75. The number of phenolic OH excluding ortho intramolecular Hbond substituents is 2. The van der Waals surface area contributed by atoms with Crippen molar-refractivity contribution in [3.8, 4) is 17.2 Å². The van der Waals surface area contributed by atoms with Gasteiger partial charge in [0.1, 0.15) is 34.7 Å². The van der Waals surface area contributed by atoms with Crippen molar-refractivity contribution in [3.63, 3.8) is 0 Å². The Morgan fingerprint density at radius 1 is 1.30 bits per heavy atom. The summed E-state index contributed by atoms with van der Waals surface area (Å²) in [4.78, 5) is 11.5. The number of aryl methyl sites for hydroxylation is 2. The first-order valence-corrected chi connectivity index (χ1v) is 7.40. The molecular weight excluding hydrogens is 296 g/mol. The van der Waals surface area contributed by atoms with Crippen LogP contribution in [0.25, 0.3) is 0 Å². The SMILES string of the molecule is CCc1nnc(C(C)=O)cc1OC(C)c1c(O)ccc(C)c1O. The quantitative estimate of drug-likeness (QED) is 0.823. The first-order chi connectivity index (χ1) is 10.8. The van der Waals surface area contributed by atoms with Crippen LogP contribution in [-0.4, -0.2) is 26.2 Å². The van der Waals surface area contributed by atoms with Gasteiger partial charge in [-0.2, -0.15) is 5.10 Å². The zero-order valence-corrected chi connectivity index (χ0v) is 13.6. The molecule has 0 spiro atoms. The fourth-order valence-electron chi connectivity index (χ4n) is 2.28. The highest BCUT2D eigenvalue weighted by molar-refractivity contribution is 5.92. The van der Waals surface area contributed by atoms with Gasteiger partial charge in [0, 0.05) is 13.0 Å². The Balaban J connectivity index is 2.41. The maximum Gasteiger partial charge on any atom is 0.180 e. The minimum atomic E-state index is -0.621. The van der Waals surface area contributed by atoms with Crippen molar-refractivity contribution in [3.05, 3.63) is 40.7 Å². The molecule has 0 saturated heterocycles. The molecule has 2 N–H and O–H groups in total. The summed E-state index contributed by atoms with van der Waals surface area (Å²) in [6, 6.07) is 4.67. The molecule has 2 rings (SSSR count). The molecule has 1 aromatic carbocycles. The topological polar surface area (TPSA) is 92.5 Å². The zero-order chi connectivity index (χ0) is 17.1. The highest BCUT2D eigenvalue weighted by Crippen LogP contribution is 2.37. The average Bonchev–Trinajstić information content (AvgIpc) is 2.51. The van der Waals surface area contributed by atoms with Crippen LogP contribution in [0.15, 0.2) is 18.2 Å². The number of aromatic hydroxyl groups is 2. The van der Waals surface area contributed by atoms with E-state index in [1.54, 1.807) is 19.9 Å². The highest BCUT2D eigenvalue weighted by Gasteiger charge is 2.20. The molecule has 0 fully saturated rings. The van der Waals surface area contributed by atoms with Crippen LogP contribution in [0.3, 0.4) is 0 Å². The number of carbonyl (C=O) groups excluding carboxylic acids is 1. The van der Waals surface area contributed by atoms with Gasteiger partial charge in [-0.25, -0.2) is 0 Å². The van der Waals surface area contributed by atoms with Crippen molar-refractivity contribution in [2.24, 2.45) is 0 Å². The summed E-state index contributed by atoms with van der Waals surface area (Å²) >= 11 is 0. The molecule has 6 nitrogen and oxygen atoms in total. The van der Waals surface area contributed by atoms with Crippen LogP contribution in [-0.2, 0) is 6.42 Å². The first-order valence-electron chi connectivity index (χ1n) is 7.40. The van der Waals surface area contributed by atoms with Crippen molar-refractivity contribution in [1.82, 2.24) is 10.2 Å². The smallest absolute Gasteiger partial charge is 0.180 e. The fraction of sp³-hybridized carbons (Fsp3) is 0.353. The number of carbonyl (C=O) groups is 1. The molecule has 23 heavy (non-hydrogen) atoms. The third kappa shape index (κ3) is 3.41. The number of hydrogen-bond donors (Lipinski definition) is 2. The normalized spacial score (nSPS) is 12.0. The molecule has 1 unspecified atom stereocenters. The standard InChI is InChI=1S/C17H20N2O4/c1-5-12-15(8-13(10(3)20)19-18-12)23-11(4)16-14(21)7-6-9(2)17(16)22/h6-8,11,21-22H,5H2,1-4H3. The second kappa shape index (κ2) is 6.64. The van der Waals surface area contributed by atoms with Gasteiger partial charge in [-0.05, 0) is 31.9 Å². The minimum Gasteiger partial charge on any atom is -0.507 e. The Morgan fingerprint density at radius 2 is 2.00 bits per heavy atom. The van der Waals surface area contributed by atoms with E-state index in [0.717, 1.165) is 0 Å². The Bertz CT molecular complexity index is 744. The van der Waals surface area contributed by atoms with Crippen molar-refractivity contribution < 1.29 is 19.7 Å². The second-order valence-corrected chi connectivity index (χ2v) is 5.37. The van der Waals surface area contributed by atoms with Gasteiger partial charge < -0.3 is 14.9 Å². The lowest BCUT2D eigenvalue weighted by Crippen LogP contribution is -2.09. The van der Waals surface area contributed by atoms with Crippen LogP contribution >= 0.6 is 0 Å². The molecule has 122 valence electrons. The lowest BCUT2D eigenvalue weighted by Gasteiger charge is -2.19. The molecule has 2 aromatic rings. The van der Waals surface area contributed by atoms with Gasteiger partial charge >= 0.3 is 0 Å². The maximum absolute atomic E-state index is 11.5. The molecule has 0 aliphatic rings. The van der Waals surface area contributed by atoms with Gasteiger partial charge in [0.25, 0.3) is 0 Å². The number of phenols is 2. The molecule has 1 aromatic heterocycles. The molecule has 0 amide bonds. The van der Waals surface area contributed by atoms with Crippen molar-refractivity contribution in [2.75, 3.05) is 0 Å². The lowest BCUT2D eigenvalue weighted by atomic mass is 10.0. The Morgan fingerprint density at radius 3 is 2.61 bits per heavy atom. The Hall–Kier alpha value is -2.63. The summed E-state index contributed by atoms with van der Waals surface area (Å²) in [6.07, 6.45) is -0.0387. The largest absolute Gasteiger partial charge is 0.507 e. The number of Topliss-reactive ketones (excluding diaryl/α,β-unsaturated/α-hetero) is 1. The van der Waals surface area contributed by atoms with Crippen molar-refractivity contribution >= 4 is 5.78 Å². The lowest BCUT2D eigenvalue weighted by molar-refractivity contribution is 0.101. The molecule has 0 radical (unpaired) electrons. The van der Waals surface area contributed by atoms with Crippen LogP contribution in [0.4, 0.5) is 0 Å². The summed E-state index contributed by atoms with van der Waals surface area (Å²) in [5.74, 6) is 0.149. The summed E-state index contributed by atoms with van der Waals surface area (Å²) in [6.45, 7) is 6.75. The number of hydrogen-bond acceptors (Lipinski definition) is 6. The number of ether oxygens (including phenoxy) is 1. The molecule has 1 heterocycles. The van der Waals surface area contributed by atoms with Gasteiger partial charge in [0.2, 0.25) is 0 Å². The van der Waals surface area contributed by atoms with E-state index >= 15 is 0 Å². The van der Waals surface area contributed by atoms with E-state index in [9.17, 15) is 15.0 Å². The van der Waals surface area contributed by atoms with Crippen molar-refractivity contribution in [1.29, 1.82) is 0 Å². The molecule has 0 bridgehead atoms. The summed E-state index contributed by atoms with van der Waals surface area (Å²) in [7, 11) is 0. The van der Waals surface area contributed by atoms with E-state index in [2.05, 4.69) is 10.2 Å². The molecule has 0 saturated carbocycles. The third-order valence-corrected chi connectivity index (χ3v) is 3.63. The van der Waals surface area contributed by atoms with Crippen LogP contribution in [0.5, 0.6) is 17.2 Å². The predicted molar refractivity (Wildman–Crippen MR) is 85.0 cm³/mol. The number of rotatable bonds is 5. The average molecular weight is 316 g/mol. The summed E-state index contributed by atoms with van der Waals surface area (Å²) in [5, 5.41) is 28.1. The van der Waals surface area contributed by atoms with Crippen LogP contribution in [0.1, 0.15) is 54.2 Å². The third-order valence-electron chi connectivity index (χ3n) is 3.63. The van der Waals surface area contributed by atoms with Crippen LogP contribution in [0.2, 0.25) is 0 Å². The van der Waals surface area contributed by atoms with Gasteiger partial charge in [0.05, 0.1) is 5.56 Å². The fourth-order valence-corrected chi connectivity index (χ4v) is 2.28. The highest BCUT2D eigenvalue weighted by atomic mass is 16.5. The van der Waals surface area contributed by atoms with E-state index < -0.39 is 6.10 Å². The van der Waals surface area contributed by atoms with Gasteiger partial charge in [-0.3, -0.25) is 4.79 Å². The number of benzene rings is 1. The monoisotopic (exact) mass is 316 g/mol. The van der Waals surface area contributed by atoms with Gasteiger partial charge in [-0.15, -0.1) is 5.10 Å². The first kappa shape index (κ1) is 16.7. The molecule has 0 aliphatic heterocycles. The van der Waals surface area contributed by atoms with Gasteiger partial charge in [0.15, 0.2) is 5.78 Å². The van der Waals surface area contributed by atoms with Gasteiger partial charge in [-0.1, -0.05) is 13.0 Å². The van der Waals surface area contributed by atoms with E-state index in [-0.39, 0.29) is 23.0 Å².